The number of aliphatic imine (C=N–C) groups is 1. The van der Waals surface area contributed by atoms with Gasteiger partial charge in [-0.25, -0.2) is 0 Å². The molecule has 0 amide bonds. The monoisotopic (exact) mass is 385 g/mol. The van der Waals surface area contributed by atoms with Crippen LogP contribution in [0.5, 0.6) is 5.75 Å². The second kappa shape index (κ2) is 10.2. The van der Waals surface area contributed by atoms with Gasteiger partial charge in [0.15, 0.2) is 0 Å². The first kappa shape index (κ1) is 21.7. The van der Waals surface area contributed by atoms with Gasteiger partial charge in [0.25, 0.3) is 0 Å². The van der Waals surface area contributed by atoms with E-state index < -0.39 is 0 Å². The van der Waals surface area contributed by atoms with Crippen molar-refractivity contribution in [3.63, 3.8) is 0 Å². The average molecular weight is 387 g/mol. The molecule has 0 saturated carbocycles. The molecule has 1 N–H and O–H groups in total. The van der Waals surface area contributed by atoms with Crippen molar-refractivity contribution < 1.29 is 56.1 Å². The fraction of sp³-hybridized carbons (Fsp3) is 0.133. The van der Waals surface area contributed by atoms with E-state index in [-0.39, 0.29) is 56.8 Å². The van der Waals surface area contributed by atoms with Gasteiger partial charge in [0.2, 0.25) is 0 Å². The number of aryl methyl sites for hydroxylation is 2. The van der Waals surface area contributed by atoms with Crippen LogP contribution in [0.25, 0.3) is 0 Å². The van der Waals surface area contributed by atoms with E-state index in [4.69, 9.17) is 0 Å². The zero-order valence-corrected chi connectivity index (χ0v) is 15.2. The van der Waals surface area contributed by atoms with Gasteiger partial charge in [0.1, 0.15) is 5.75 Å². The number of halogens is 2. The summed E-state index contributed by atoms with van der Waals surface area (Å²) in [6, 6.07) is 13.3. The molecule has 0 bridgehead atoms. The molecule has 2 rings (SSSR count). The standard InChI is InChI=1S/C15H15NO.2ClH.Zr/c1-11-7-8-14(12(2)9-11)16-10-13-5-3-4-6-15(13)17;;;/h3-10,17H,1-2H3;2*1H;/q;;;+2/p-2. The van der Waals surface area contributed by atoms with Crippen LogP contribution in [0.15, 0.2) is 47.5 Å². The minimum Gasteiger partial charge on any atom is -1.00 e. The van der Waals surface area contributed by atoms with Gasteiger partial charge < -0.3 is 29.9 Å². The predicted molar refractivity (Wildman–Crippen MR) is 71.3 cm³/mol. The molecule has 0 radical (unpaired) electrons. The Morgan fingerprint density at radius 1 is 1.00 bits per heavy atom. The van der Waals surface area contributed by atoms with Crippen molar-refractivity contribution in [1.29, 1.82) is 0 Å². The minimum absolute atomic E-state index is 0. The van der Waals surface area contributed by atoms with Crippen molar-refractivity contribution in [2.24, 2.45) is 4.99 Å². The summed E-state index contributed by atoms with van der Waals surface area (Å²) in [4.78, 5) is 4.39. The summed E-state index contributed by atoms with van der Waals surface area (Å²) in [5.41, 5.74) is 4.02. The number of hydrogen-bond acceptors (Lipinski definition) is 2. The maximum Gasteiger partial charge on any atom is 2.00 e. The van der Waals surface area contributed by atoms with Gasteiger partial charge in [-0.2, -0.15) is 0 Å². The molecule has 0 spiro atoms. The minimum atomic E-state index is 0. The molecule has 20 heavy (non-hydrogen) atoms. The van der Waals surface area contributed by atoms with Crippen LogP contribution in [-0.4, -0.2) is 11.3 Å². The van der Waals surface area contributed by atoms with E-state index in [1.165, 1.54) is 5.56 Å². The Hall–Kier alpha value is -0.627. The van der Waals surface area contributed by atoms with Crippen LogP contribution in [-0.2, 0) is 26.2 Å². The van der Waals surface area contributed by atoms with Crippen LogP contribution in [0.4, 0.5) is 5.69 Å². The number of aromatic hydroxyl groups is 1. The average Bonchev–Trinajstić information content (AvgIpc) is 2.30. The molecule has 0 aromatic heterocycles. The smallest absolute Gasteiger partial charge is 1.00 e. The van der Waals surface area contributed by atoms with Crippen LogP contribution in [0.2, 0.25) is 0 Å². The van der Waals surface area contributed by atoms with Gasteiger partial charge in [-0.3, -0.25) is 4.99 Å². The third-order valence-electron chi connectivity index (χ3n) is 2.63. The summed E-state index contributed by atoms with van der Waals surface area (Å²) in [6.45, 7) is 4.09. The van der Waals surface area contributed by atoms with Crippen molar-refractivity contribution in [3.8, 4) is 5.75 Å². The largest absolute Gasteiger partial charge is 2.00 e. The summed E-state index contributed by atoms with van der Waals surface area (Å²) in [5.74, 6) is 0.251. The molecular weight excluding hydrogens is 372 g/mol. The molecule has 0 fully saturated rings. The third-order valence-corrected chi connectivity index (χ3v) is 2.63. The Balaban J connectivity index is 0. The number of phenols is 1. The zero-order chi connectivity index (χ0) is 12.3. The van der Waals surface area contributed by atoms with Gasteiger partial charge >= 0.3 is 26.2 Å². The second-order valence-corrected chi connectivity index (χ2v) is 4.11. The third kappa shape index (κ3) is 5.79. The van der Waals surface area contributed by atoms with Gasteiger partial charge in [-0.1, -0.05) is 29.8 Å². The Labute approximate surface area is 151 Å². The van der Waals surface area contributed by atoms with Crippen molar-refractivity contribution in [2.75, 3.05) is 0 Å². The maximum atomic E-state index is 9.61. The first-order chi connectivity index (χ1) is 8.16. The van der Waals surface area contributed by atoms with Gasteiger partial charge in [0, 0.05) is 11.8 Å². The molecule has 0 atom stereocenters. The molecular formula is C15H15Cl2NOZr. The Morgan fingerprint density at radius 2 is 1.65 bits per heavy atom. The SMILES string of the molecule is Cc1ccc(N=Cc2ccccc2O)c(C)c1.[Cl-].[Cl-].[Zr+2]. The van der Waals surface area contributed by atoms with Gasteiger partial charge in [0.05, 0.1) is 5.69 Å². The van der Waals surface area contributed by atoms with Crippen LogP contribution in [0, 0.1) is 13.8 Å². The summed E-state index contributed by atoms with van der Waals surface area (Å²) in [7, 11) is 0. The zero-order valence-electron chi connectivity index (χ0n) is 11.3. The fourth-order valence-electron chi connectivity index (χ4n) is 1.69. The predicted octanol–water partition coefficient (Wildman–Crippen LogP) is -2.23. The van der Waals surface area contributed by atoms with Crippen molar-refractivity contribution in [3.05, 3.63) is 59.2 Å². The Bertz CT molecular complexity index is 574. The van der Waals surface area contributed by atoms with Crippen molar-refractivity contribution >= 4 is 11.9 Å². The summed E-state index contributed by atoms with van der Waals surface area (Å²) in [5, 5.41) is 9.61. The molecule has 2 aromatic rings. The molecule has 2 nitrogen and oxygen atoms in total. The summed E-state index contributed by atoms with van der Waals surface area (Å²) < 4.78 is 0. The molecule has 0 aliphatic heterocycles. The number of phenolic OH excluding ortho intramolecular Hbond substituents is 1. The van der Waals surface area contributed by atoms with E-state index in [1.807, 2.05) is 31.2 Å². The van der Waals surface area contributed by atoms with Gasteiger partial charge in [-0.15, -0.1) is 0 Å². The summed E-state index contributed by atoms with van der Waals surface area (Å²) >= 11 is 0. The first-order valence-electron chi connectivity index (χ1n) is 5.56. The molecule has 0 heterocycles. The Kier molecular flexibility index (Phi) is 11.0. The first-order valence-corrected chi connectivity index (χ1v) is 5.56. The molecule has 5 heteroatoms. The molecule has 0 aliphatic carbocycles. The fourth-order valence-corrected chi connectivity index (χ4v) is 1.69. The van der Waals surface area contributed by atoms with Crippen LogP contribution >= 0.6 is 0 Å². The van der Waals surface area contributed by atoms with E-state index in [0.717, 1.165) is 16.8 Å². The number of para-hydroxylation sites is 1. The van der Waals surface area contributed by atoms with E-state index in [0.29, 0.717) is 0 Å². The number of hydrogen-bond donors (Lipinski definition) is 1. The van der Waals surface area contributed by atoms with Gasteiger partial charge in [-0.05, 0) is 37.6 Å². The topological polar surface area (TPSA) is 32.6 Å². The van der Waals surface area contributed by atoms with E-state index in [1.54, 1.807) is 18.3 Å². The maximum absolute atomic E-state index is 9.61. The summed E-state index contributed by atoms with van der Waals surface area (Å²) in [6.07, 6.45) is 1.69. The normalized spacial score (nSPS) is 9.30. The van der Waals surface area contributed by atoms with Crippen LogP contribution in [0.1, 0.15) is 16.7 Å². The van der Waals surface area contributed by atoms with E-state index in [2.05, 4.69) is 18.0 Å². The molecule has 104 valence electrons. The molecule has 0 saturated heterocycles. The quantitative estimate of drug-likeness (QED) is 0.582. The van der Waals surface area contributed by atoms with Crippen molar-refractivity contribution in [2.45, 2.75) is 13.8 Å². The second-order valence-electron chi connectivity index (χ2n) is 4.11. The number of benzene rings is 2. The number of rotatable bonds is 2. The molecule has 0 unspecified atom stereocenters. The van der Waals surface area contributed by atoms with Crippen LogP contribution < -0.4 is 24.8 Å². The Morgan fingerprint density at radius 3 is 2.25 bits per heavy atom. The van der Waals surface area contributed by atoms with E-state index in [9.17, 15) is 5.11 Å². The van der Waals surface area contributed by atoms with Crippen LogP contribution in [0.3, 0.4) is 0 Å². The number of nitrogens with zero attached hydrogens (tertiary/aromatic N) is 1. The van der Waals surface area contributed by atoms with E-state index >= 15 is 0 Å². The molecule has 0 aliphatic rings. The molecule has 2 aromatic carbocycles. The van der Waals surface area contributed by atoms with Crippen molar-refractivity contribution in [1.82, 2.24) is 0 Å².